The Hall–Kier alpha value is -3.27. The quantitative estimate of drug-likeness (QED) is 0.580. The van der Waals surface area contributed by atoms with Gasteiger partial charge in [-0.05, 0) is 31.0 Å². The van der Waals surface area contributed by atoms with E-state index in [9.17, 15) is 14.4 Å². The van der Waals surface area contributed by atoms with E-state index in [0.717, 1.165) is 17.3 Å². The second-order valence-corrected chi connectivity index (χ2v) is 7.62. The minimum atomic E-state index is -0.809. The Morgan fingerprint density at radius 3 is 2.69 bits per heavy atom. The van der Waals surface area contributed by atoms with Crippen LogP contribution in [0, 0.1) is 0 Å². The van der Waals surface area contributed by atoms with E-state index >= 15 is 0 Å². The fourth-order valence-electron chi connectivity index (χ4n) is 2.89. The summed E-state index contributed by atoms with van der Waals surface area (Å²) in [5.41, 5.74) is 1.30. The van der Waals surface area contributed by atoms with Gasteiger partial charge in [0.15, 0.2) is 6.04 Å². The molecule has 1 fully saturated rings. The lowest BCUT2D eigenvalue weighted by molar-refractivity contribution is -0.137. The van der Waals surface area contributed by atoms with Crippen molar-refractivity contribution in [1.82, 2.24) is 15.3 Å². The molecule has 9 nitrogen and oxygen atoms in total. The van der Waals surface area contributed by atoms with Crippen molar-refractivity contribution in [1.29, 1.82) is 0 Å². The molecule has 0 saturated carbocycles. The van der Waals surface area contributed by atoms with E-state index < -0.39 is 23.4 Å². The zero-order chi connectivity index (χ0) is 20.4. The Balaban J connectivity index is 1.39. The van der Waals surface area contributed by atoms with Crippen LogP contribution < -0.4 is 10.1 Å². The zero-order valence-electron chi connectivity index (χ0n) is 15.3. The maximum Gasteiger partial charge on any atom is 0.340 e. The molecule has 3 heterocycles. The molecule has 0 aliphatic carbocycles. The summed E-state index contributed by atoms with van der Waals surface area (Å²) >= 11 is 0.976. The number of aliphatic imine (C=N–C) groups is 1. The molecule has 29 heavy (non-hydrogen) atoms. The summed E-state index contributed by atoms with van der Waals surface area (Å²) in [6.07, 6.45) is 4.48. The number of carbonyl (C=O) groups excluding carboxylic acids is 3. The number of nitrogens with zero attached hydrogens (tertiary/aromatic N) is 3. The van der Waals surface area contributed by atoms with Gasteiger partial charge in [0, 0.05) is 12.4 Å². The molecule has 4 rings (SSSR count). The number of imide groups is 1. The second-order valence-electron chi connectivity index (χ2n) is 6.45. The summed E-state index contributed by atoms with van der Waals surface area (Å²) in [5.74, 6) is -0.221. The molecule has 2 aromatic rings. The Morgan fingerprint density at radius 1 is 1.24 bits per heavy atom. The molecule has 10 heteroatoms. The molecular formula is C19H16N4O5S. The fraction of sp³-hybridized carbons (Fsp3) is 0.263. The average molecular weight is 412 g/mol. The van der Waals surface area contributed by atoms with Gasteiger partial charge in [0.25, 0.3) is 5.24 Å². The molecule has 1 N–H and O–H groups in total. The van der Waals surface area contributed by atoms with Gasteiger partial charge in [-0.25, -0.2) is 14.8 Å². The third-order valence-electron chi connectivity index (χ3n) is 4.35. The van der Waals surface area contributed by atoms with Crippen LogP contribution in [-0.2, 0) is 20.7 Å². The molecule has 1 saturated heterocycles. The van der Waals surface area contributed by atoms with Crippen LogP contribution in [0.1, 0.15) is 18.2 Å². The summed E-state index contributed by atoms with van der Waals surface area (Å²) in [4.78, 5) is 47.7. The van der Waals surface area contributed by atoms with Crippen molar-refractivity contribution in [3.63, 3.8) is 0 Å². The molecule has 148 valence electrons. The highest BCUT2D eigenvalue weighted by atomic mass is 32.2. The molecular weight excluding hydrogens is 396 g/mol. The van der Waals surface area contributed by atoms with Crippen LogP contribution in [0.25, 0.3) is 0 Å². The minimum Gasteiger partial charge on any atom is -0.470 e. The number of rotatable bonds is 5. The molecule has 0 bridgehead atoms. The number of aromatic nitrogens is 2. The number of benzene rings is 1. The first-order chi connectivity index (χ1) is 14.0. The van der Waals surface area contributed by atoms with Gasteiger partial charge >= 0.3 is 5.97 Å². The predicted octanol–water partition coefficient (Wildman–Crippen LogP) is 1.51. The number of hydrogen-bond donors (Lipinski definition) is 1. The summed E-state index contributed by atoms with van der Waals surface area (Å²) in [6.45, 7) is 1.73. The molecule has 2 unspecified atom stereocenters. The summed E-state index contributed by atoms with van der Waals surface area (Å²) in [6, 6.07) is 5.97. The topological polar surface area (TPSA) is 120 Å². The Morgan fingerprint density at radius 2 is 2.03 bits per heavy atom. The molecule has 1 aromatic heterocycles. The SMILES string of the molecule is C[C@H]1OC(c2cnccn2)=NC1C(=O)Oc1ccc(CC2SC(=O)NC2=O)cc1. The fourth-order valence-corrected chi connectivity index (χ4v) is 3.75. The third kappa shape index (κ3) is 4.27. The first-order valence-corrected chi connectivity index (χ1v) is 9.70. The summed E-state index contributed by atoms with van der Waals surface area (Å²) in [7, 11) is 0. The van der Waals surface area contributed by atoms with Crippen molar-refractivity contribution in [3.05, 3.63) is 54.1 Å². The van der Waals surface area contributed by atoms with E-state index in [2.05, 4.69) is 20.3 Å². The number of hydrogen-bond acceptors (Lipinski definition) is 9. The maximum atomic E-state index is 12.5. The van der Waals surface area contributed by atoms with Crippen molar-refractivity contribution >= 4 is 34.8 Å². The van der Waals surface area contributed by atoms with Crippen LogP contribution in [0.2, 0.25) is 0 Å². The van der Waals surface area contributed by atoms with Crippen LogP contribution >= 0.6 is 11.8 Å². The smallest absolute Gasteiger partial charge is 0.340 e. The van der Waals surface area contributed by atoms with Gasteiger partial charge in [-0.15, -0.1) is 0 Å². The predicted molar refractivity (Wildman–Crippen MR) is 104 cm³/mol. The molecule has 0 spiro atoms. The number of ether oxygens (including phenoxy) is 2. The van der Waals surface area contributed by atoms with Gasteiger partial charge in [-0.2, -0.15) is 0 Å². The van der Waals surface area contributed by atoms with Crippen molar-refractivity contribution < 1.29 is 23.9 Å². The summed E-state index contributed by atoms with van der Waals surface area (Å²) in [5, 5.41) is 1.48. The van der Waals surface area contributed by atoms with Crippen LogP contribution in [0.3, 0.4) is 0 Å². The highest BCUT2D eigenvalue weighted by Gasteiger charge is 2.36. The average Bonchev–Trinajstić information content (AvgIpc) is 3.25. The van der Waals surface area contributed by atoms with Gasteiger partial charge in [-0.3, -0.25) is 19.9 Å². The van der Waals surface area contributed by atoms with E-state index in [4.69, 9.17) is 9.47 Å². The van der Waals surface area contributed by atoms with Gasteiger partial charge in [0.2, 0.25) is 11.8 Å². The van der Waals surface area contributed by atoms with Gasteiger partial charge in [0.1, 0.15) is 17.5 Å². The first kappa shape index (κ1) is 19.1. The van der Waals surface area contributed by atoms with E-state index in [1.807, 2.05) is 0 Å². The number of amides is 2. The van der Waals surface area contributed by atoms with E-state index in [0.29, 0.717) is 17.9 Å². The zero-order valence-corrected chi connectivity index (χ0v) is 16.1. The first-order valence-electron chi connectivity index (χ1n) is 8.82. The lowest BCUT2D eigenvalue weighted by Crippen LogP contribution is -2.31. The van der Waals surface area contributed by atoms with E-state index in [-0.39, 0.29) is 17.0 Å². The highest BCUT2D eigenvalue weighted by molar-refractivity contribution is 8.15. The van der Waals surface area contributed by atoms with Crippen molar-refractivity contribution in [2.45, 2.75) is 30.7 Å². The molecule has 1 aromatic carbocycles. The normalized spacial score (nSPS) is 23.3. The second kappa shape index (κ2) is 8.00. The van der Waals surface area contributed by atoms with Gasteiger partial charge in [0.05, 0.1) is 11.4 Å². The molecule has 3 atom stereocenters. The van der Waals surface area contributed by atoms with Gasteiger partial charge < -0.3 is 9.47 Å². The van der Waals surface area contributed by atoms with Crippen LogP contribution in [0.4, 0.5) is 4.79 Å². The number of thioether (sulfide) groups is 1. The summed E-state index contributed by atoms with van der Waals surface area (Å²) < 4.78 is 11.0. The standard InChI is InChI=1S/C19H16N4O5S/c1-10-15(22-17(27-10)13-9-20-6-7-21-13)18(25)28-12-4-2-11(3-5-12)8-14-16(24)23-19(26)29-14/h2-7,9-10,14-15H,8H2,1H3,(H,23,24,26)/t10-,14?,15?/m1/s1. The monoisotopic (exact) mass is 412 g/mol. The number of nitrogens with one attached hydrogen (secondary N) is 1. The van der Waals surface area contributed by atoms with Crippen molar-refractivity contribution in [2.75, 3.05) is 0 Å². The van der Waals surface area contributed by atoms with Crippen LogP contribution in [0.5, 0.6) is 5.75 Å². The van der Waals surface area contributed by atoms with E-state index in [1.165, 1.54) is 18.6 Å². The molecule has 0 radical (unpaired) electrons. The Bertz CT molecular complexity index is 980. The Labute approximate surface area is 169 Å². The van der Waals surface area contributed by atoms with Gasteiger partial charge in [-0.1, -0.05) is 23.9 Å². The minimum absolute atomic E-state index is 0.254. The molecule has 2 aliphatic heterocycles. The number of esters is 1. The van der Waals surface area contributed by atoms with E-state index in [1.54, 1.807) is 31.2 Å². The van der Waals surface area contributed by atoms with Crippen LogP contribution in [-0.4, -0.2) is 50.4 Å². The maximum absolute atomic E-state index is 12.5. The Kier molecular flexibility index (Phi) is 5.26. The third-order valence-corrected chi connectivity index (χ3v) is 5.33. The molecule has 2 amide bonds. The largest absolute Gasteiger partial charge is 0.470 e. The van der Waals surface area contributed by atoms with Crippen molar-refractivity contribution in [2.24, 2.45) is 4.99 Å². The lowest BCUT2D eigenvalue weighted by atomic mass is 10.1. The number of carbonyl (C=O) groups is 3. The highest BCUT2D eigenvalue weighted by Crippen LogP contribution is 2.24. The molecule has 2 aliphatic rings. The van der Waals surface area contributed by atoms with Crippen molar-refractivity contribution in [3.8, 4) is 5.75 Å². The lowest BCUT2D eigenvalue weighted by Gasteiger charge is -2.12. The van der Waals surface area contributed by atoms with Crippen LogP contribution in [0.15, 0.2) is 47.8 Å².